The van der Waals surface area contributed by atoms with Crippen molar-refractivity contribution in [1.82, 2.24) is 5.32 Å². The highest BCUT2D eigenvalue weighted by Crippen LogP contribution is 2.18. The van der Waals surface area contributed by atoms with Gasteiger partial charge in [0, 0.05) is 6.04 Å². The summed E-state index contributed by atoms with van der Waals surface area (Å²) < 4.78 is 0. The fourth-order valence-electron chi connectivity index (χ4n) is 2.71. The van der Waals surface area contributed by atoms with E-state index in [4.69, 9.17) is 0 Å². The Labute approximate surface area is 121 Å². The van der Waals surface area contributed by atoms with Crippen LogP contribution < -0.4 is 5.32 Å². The van der Waals surface area contributed by atoms with Crippen LogP contribution in [0.15, 0.2) is 24.3 Å². The Kier molecular flexibility index (Phi) is 5.17. The summed E-state index contributed by atoms with van der Waals surface area (Å²) in [5, 5.41) is 12.3. The van der Waals surface area contributed by atoms with Crippen LogP contribution >= 0.6 is 0 Å². The maximum Gasteiger partial charge on any atom is 0.237 e. The molecule has 1 aliphatic rings. The molecule has 2 rings (SSSR count). The Morgan fingerprint density at radius 3 is 2.55 bits per heavy atom. The van der Waals surface area contributed by atoms with Crippen LogP contribution in [0.3, 0.4) is 0 Å². The summed E-state index contributed by atoms with van der Waals surface area (Å²) in [6.07, 6.45) is 6.22. The van der Waals surface area contributed by atoms with Crippen molar-refractivity contribution in [3.05, 3.63) is 35.4 Å². The van der Waals surface area contributed by atoms with E-state index in [-0.39, 0.29) is 11.9 Å². The van der Waals surface area contributed by atoms with E-state index < -0.39 is 5.92 Å². The predicted molar refractivity (Wildman–Crippen MR) is 79.0 cm³/mol. The van der Waals surface area contributed by atoms with Gasteiger partial charge >= 0.3 is 0 Å². The van der Waals surface area contributed by atoms with Gasteiger partial charge in [-0.2, -0.15) is 5.26 Å². The Hall–Kier alpha value is -1.82. The number of nitriles is 1. The molecule has 0 saturated heterocycles. The van der Waals surface area contributed by atoms with Gasteiger partial charge in [-0.1, -0.05) is 49.1 Å². The lowest BCUT2D eigenvalue weighted by Gasteiger charge is -2.23. The van der Waals surface area contributed by atoms with E-state index in [1.165, 1.54) is 24.8 Å². The third-order valence-electron chi connectivity index (χ3n) is 3.98. The number of carbonyl (C=O) groups is 1. The fourth-order valence-corrected chi connectivity index (χ4v) is 2.71. The summed E-state index contributed by atoms with van der Waals surface area (Å²) in [6.45, 7) is 2.03. The second-order valence-corrected chi connectivity index (χ2v) is 5.71. The minimum absolute atomic E-state index is 0.111. The first-order valence-electron chi connectivity index (χ1n) is 7.44. The Bertz CT molecular complexity index is 481. The van der Waals surface area contributed by atoms with Crippen molar-refractivity contribution in [2.75, 3.05) is 0 Å². The molecule has 1 amide bonds. The number of nitrogens with one attached hydrogen (secondary N) is 1. The van der Waals surface area contributed by atoms with E-state index in [1.807, 2.05) is 31.2 Å². The predicted octanol–water partition coefficient (Wildman–Crippen LogP) is 3.13. The zero-order valence-electron chi connectivity index (χ0n) is 12.1. The summed E-state index contributed by atoms with van der Waals surface area (Å²) in [4.78, 5) is 12.2. The number of benzene rings is 1. The monoisotopic (exact) mass is 270 g/mol. The third kappa shape index (κ3) is 4.09. The van der Waals surface area contributed by atoms with Crippen LogP contribution in [0.4, 0.5) is 0 Å². The van der Waals surface area contributed by atoms with E-state index in [9.17, 15) is 10.1 Å². The van der Waals surface area contributed by atoms with Crippen molar-refractivity contribution >= 4 is 5.91 Å². The normalized spacial score (nSPS) is 17.2. The van der Waals surface area contributed by atoms with Crippen LogP contribution in [0.25, 0.3) is 0 Å². The first-order chi connectivity index (χ1) is 9.69. The summed E-state index contributed by atoms with van der Waals surface area (Å²) in [7, 11) is 0. The molecule has 106 valence electrons. The molecule has 1 atom stereocenters. The molecule has 1 unspecified atom stereocenters. The van der Waals surface area contributed by atoms with Gasteiger partial charge in [0.1, 0.15) is 5.92 Å². The van der Waals surface area contributed by atoms with Crippen molar-refractivity contribution in [2.24, 2.45) is 5.92 Å². The summed E-state index contributed by atoms with van der Waals surface area (Å²) in [5.74, 6) is -0.695. The number of hydrogen-bond donors (Lipinski definition) is 1. The van der Waals surface area contributed by atoms with Crippen LogP contribution in [0.2, 0.25) is 0 Å². The van der Waals surface area contributed by atoms with Gasteiger partial charge in [0.2, 0.25) is 5.91 Å². The quantitative estimate of drug-likeness (QED) is 0.914. The SMILES string of the molecule is Cc1ccc(CC(C#N)C(=O)NC2CCCCC2)cc1. The molecule has 0 spiro atoms. The lowest BCUT2D eigenvalue weighted by atomic mass is 9.94. The van der Waals surface area contributed by atoms with E-state index >= 15 is 0 Å². The molecule has 1 aromatic rings. The average Bonchev–Trinajstić information content (AvgIpc) is 2.47. The zero-order chi connectivity index (χ0) is 14.4. The Balaban J connectivity index is 1.91. The second-order valence-electron chi connectivity index (χ2n) is 5.71. The zero-order valence-corrected chi connectivity index (χ0v) is 12.1. The molecule has 0 heterocycles. The van der Waals surface area contributed by atoms with Crippen molar-refractivity contribution < 1.29 is 4.79 Å². The van der Waals surface area contributed by atoms with Crippen molar-refractivity contribution in [3.8, 4) is 6.07 Å². The fraction of sp³-hybridized carbons (Fsp3) is 0.529. The van der Waals surface area contributed by atoms with Crippen molar-refractivity contribution in [1.29, 1.82) is 5.26 Å². The number of rotatable bonds is 4. The summed E-state index contributed by atoms with van der Waals surface area (Å²) in [6, 6.07) is 10.4. The summed E-state index contributed by atoms with van der Waals surface area (Å²) >= 11 is 0. The van der Waals surface area contributed by atoms with Gasteiger partial charge in [-0.15, -0.1) is 0 Å². The molecule has 3 heteroatoms. The standard InChI is InChI=1S/C17H22N2O/c1-13-7-9-14(10-8-13)11-15(12-18)17(20)19-16-5-3-2-4-6-16/h7-10,15-16H,2-6,11H2,1H3,(H,19,20). The lowest BCUT2D eigenvalue weighted by molar-refractivity contribution is -0.124. The van der Waals surface area contributed by atoms with E-state index in [0.717, 1.165) is 18.4 Å². The molecule has 1 aliphatic carbocycles. The molecule has 3 nitrogen and oxygen atoms in total. The van der Waals surface area contributed by atoms with Gasteiger partial charge in [0.15, 0.2) is 0 Å². The molecule has 0 radical (unpaired) electrons. The van der Waals surface area contributed by atoms with Crippen molar-refractivity contribution in [3.63, 3.8) is 0 Å². The smallest absolute Gasteiger partial charge is 0.237 e. The van der Waals surface area contributed by atoms with Crippen LogP contribution in [0.1, 0.15) is 43.2 Å². The molecule has 1 fully saturated rings. The van der Waals surface area contributed by atoms with Crippen LogP contribution in [0, 0.1) is 24.2 Å². The highest BCUT2D eigenvalue weighted by molar-refractivity contribution is 5.81. The molecule has 1 saturated carbocycles. The Morgan fingerprint density at radius 1 is 1.30 bits per heavy atom. The summed E-state index contributed by atoms with van der Waals surface area (Å²) in [5.41, 5.74) is 2.23. The van der Waals surface area contributed by atoms with Crippen LogP contribution in [-0.4, -0.2) is 11.9 Å². The Morgan fingerprint density at radius 2 is 1.95 bits per heavy atom. The molecule has 0 aromatic heterocycles. The number of hydrogen-bond acceptors (Lipinski definition) is 2. The maximum atomic E-state index is 12.2. The maximum absolute atomic E-state index is 12.2. The minimum Gasteiger partial charge on any atom is -0.352 e. The van der Waals surface area contributed by atoms with Gasteiger partial charge in [0.25, 0.3) is 0 Å². The molecular weight excluding hydrogens is 248 g/mol. The first-order valence-corrected chi connectivity index (χ1v) is 7.44. The van der Waals surface area contributed by atoms with Crippen LogP contribution in [-0.2, 0) is 11.2 Å². The minimum atomic E-state index is -0.584. The molecular formula is C17H22N2O. The van der Waals surface area contributed by atoms with Gasteiger partial charge in [-0.3, -0.25) is 4.79 Å². The van der Waals surface area contributed by atoms with E-state index in [0.29, 0.717) is 6.42 Å². The van der Waals surface area contributed by atoms with Gasteiger partial charge in [-0.05, 0) is 31.7 Å². The van der Waals surface area contributed by atoms with E-state index in [1.54, 1.807) is 0 Å². The molecule has 0 bridgehead atoms. The topological polar surface area (TPSA) is 52.9 Å². The van der Waals surface area contributed by atoms with Gasteiger partial charge < -0.3 is 5.32 Å². The second kappa shape index (κ2) is 7.09. The largest absolute Gasteiger partial charge is 0.352 e. The molecule has 20 heavy (non-hydrogen) atoms. The van der Waals surface area contributed by atoms with Crippen molar-refractivity contribution in [2.45, 2.75) is 51.5 Å². The van der Waals surface area contributed by atoms with Crippen LogP contribution in [0.5, 0.6) is 0 Å². The highest BCUT2D eigenvalue weighted by atomic mass is 16.1. The molecule has 1 N–H and O–H groups in total. The highest BCUT2D eigenvalue weighted by Gasteiger charge is 2.22. The first kappa shape index (κ1) is 14.6. The number of aryl methyl sites for hydroxylation is 1. The molecule has 0 aliphatic heterocycles. The lowest BCUT2D eigenvalue weighted by Crippen LogP contribution is -2.40. The number of amides is 1. The number of nitrogens with zero attached hydrogens (tertiary/aromatic N) is 1. The third-order valence-corrected chi connectivity index (χ3v) is 3.98. The average molecular weight is 270 g/mol. The van der Waals surface area contributed by atoms with Gasteiger partial charge in [0.05, 0.1) is 6.07 Å². The van der Waals surface area contributed by atoms with Gasteiger partial charge in [-0.25, -0.2) is 0 Å². The number of carbonyl (C=O) groups excluding carboxylic acids is 1. The van der Waals surface area contributed by atoms with E-state index in [2.05, 4.69) is 11.4 Å². The molecule has 1 aromatic carbocycles.